The van der Waals surface area contributed by atoms with Crippen LogP contribution < -0.4 is 4.90 Å². The molecule has 9 heteroatoms. The Morgan fingerprint density at radius 2 is 1.75 bits per heavy atom. The van der Waals surface area contributed by atoms with E-state index in [1.807, 2.05) is 31.2 Å². The molecule has 2 fully saturated rings. The summed E-state index contributed by atoms with van der Waals surface area (Å²) in [6.07, 6.45) is 0.123. The van der Waals surface area contributed by atoms with Crippen molar-refractivity contribution < 1.29 is 22.4 Å². The Balaban J connectivity index is 1.42. The largest absolute Gasteiger partial charge is 0.340 e. The van der Waals surface area contributed by atoms with Crippen molar-refractivity contribution >= 4 is 27.5 Å². The van der Waals surface area contributed by atoms with Crippen LogP contribution in [0.5, 0.6) is 0 Å². The van der Waals surface area contributed by atoms with Gasteiger partial charge in [0.25, 0.3) is 0 Å². The molecule has 2 saturated heterocycles. The zero-order chi connectivity index (χ0) is 22.9. The summed E-state index contributed by atoms with van der Waals surface area (Å²) in [5, 5.41) is -0.980. The van der Waals surface area contributed by atoms with Crippen LogP contribution in [-0.4, -0.2) is 68.6 Å². The molecule has 2 aromatic rings. The standard InChI is InChI=1S/C23H26FN3O4S/c1-17-6-8-18(9-7-17)27-13-12-26(23(27)29)16-22(28)25-11-10-21(32(30,31)15-14-25)19-4-2-3-5-20(19)24/h2-9,21H,10-16H2,1H3. The van der Waals surface area contributed by atoms with Crippen LogP contribution in [0, 0.1) is 12.7 Å². The number of anilines is 1. The van der Waals surface area contributed by atoms with Crippen molar-refractivity contribution in [2.45, 2.75) is 18.6 Å². The zero-order valence-electron chi connectivity index (χ0n) is 17.9. The van der Waals surface area contributed by atoms with Crippen molar-refractivity contribution in [2.75, 3.05) is 43.4 Å². The highest BCUT2D eigenvalue weighted by atomic mass is 32.2. The molecule has 2 aliphatic rings. The van der Waals surface area contributed by atoms with Crippen LogP contribution in [0.2, 0.25) is 0 Å². The van der Waals surface area contributed by atoms with Gasteiger partial charge in [-0.1, -0.05) is 35.9 Å². The number of amides is 3. The number of carbonyl (C=O) groups is 2. The first kappa shape index (κ1) is 22.3. The van der Waals surface area contributed by atoms with E-state index in [1.54, 1.807) is 11.0 Å². The average Bonchev–Trinajstić information content (AvgIpc) is 3.03. The summed E-state index contributed by atoms with van der Waals surface area (Å²) >= 11 is 0. The second kappa shape index (κ2) is 8.90. The van der Waals surface area contributed by atoms with E-state index in [1.165, 1.54) is 28.0 Å². The molecule has 32 heavy (non-hydrogen) atoms. The fourth-order valence-corrected chi connectivity index (χ4v) is 6.04. The maximum absolute atomic E-state index is 14.2. The first-order chi connectivity index (χ1) is 15.3. The Morgan fingerprint density at radius 3 is 2.47 bits per heavy atom. The number of nitrogens with zero attached hydrogens (tertiary/aromatic N) is 3. The topological polar surface area (TPSA) is 78.0 Å². The lowest BCUT2D eigenvalue weighted by molar-refractivity contribution is -0.131. The zero-order valence-corrected chi connectivity index (χ0v) is 18.7. The first-order valence-electron chi connectivity index (χ1n) is 10.6. The van der Waals surface area contributed by atoms with E-state index in [0.717, 1.165) is 11.3 Å². The predicted molar refractivity (Wildman–Crippen MR) is 120 cm³/mol. The Bertz CT molecular complexity index is 1120. The molecule has 0 bridgehead atoms. The van der Waals surface area contributed by atoms with E-state index in [-0.39, 0.29) is 49.3 Å². The Labute approximate surface area is 187 Å². The lowest BCUT2D eigenvalue weighted by Gasteiger charge is -2.24. The summed E-state index contributed by atoms with van der Waals surface area (Å²) in [6.45, 7) is 3.00. The molecule has 2 heterocycles. The number of carbonyl (C=O) groups excluding carboxylic acids is 2. The summed E-state index contributed by atoms with van der Waals surface area (Å²) in [5.74, 6) is -1.09. The molecule has 2 aliphatic heterocycles. The van der Waals surface area contributed by atoms with Gasteiger partial charge in [-0.25, -0.2) is 17.6 Å². The highest BCUT2D eigenvalue weighted by Crippen LogP contribution is 2.31. The van der Waals surface area contributed by atoms with Crippen LogP contribution in [0.4, 0.5) is 14.9 Å². The monoisotopic (exact) mass is 459 g/mol. The van der Waals surface area contributed by atoms with Crippen molar-refractivity contribution in [1.82, 2.24) is 9.80 Å². The number of hydrogen-bond acceptors (Lipinski definition) is 4. The molecule has 4 rings (SSSR count). The molecule has 170 valence electrons. The van der Waals surface area contributed by atoms with Crippen LogP contribution in [-0.2, 0) is 14.6 Å². The fourth-order valence-electron chi connectivity index (χ4n) is 4.24. The number of urea groups is 1. The Hall–Kier alpha value is -2.94. The van der Waals surface area contributed by atoms with Crippen molar-refractivity contribution in [3.05, 3.63) is 65.5 Å². The number of benzene rings is 2. The van der Waals surface area contributed by atoms with Gasteiger partial charge in [-0.15, -0.1) is 0 Å². The van der Waals surface area contributed by atoms with Crippen molar-refractivity contribution in [3.8, 4) is 0 Å². The molecule has 3 amide bonds. The van der Waals surface area contributed by atoms with Gasteiger partial charge in [0, 0.05) is 37.4 Å². The van der Waals surface area contributed by atoms with E-state index in [9.17, 15) is 22.4 Å². The van der Waals surface area contributed by atoms with E-state index < -0.39 is 20.9 Å². The maximum Gasteiger partial charge on any atom is 0.325 e. The predicted octanol–water partition coefficient (Wildman–Crippen LogP) is 2.76. The molecule has 0 spiro atoms. The molecule has 1 unspecified atom stereocenters. The molecule has 0 aliphatic carbocycles. The van der Waals surface area contributed by atoms with Crippen LogP contribution in [0.15, 0.2) is 48.5 Å². The smallest absolute Gasteiger partial charge is 0.325 e. The number of sulfone groups is 1. The normalized spacial score (nSPS) is 21.0. The minimum absolute atomic E-state index is 0.0375. The number of hydrogen-bond donors (Lipinski definition) is 0. The molecule has 0 aromatic heterocycles. The molecule has 7 nitrogen and oxygen atoms in total. The highest BCUT2D eigenvalue weighted by Gasteiger charge is 2.36. The lowest BCUT2D eigenvalue weighted by atomic mass is 10.1. The third kappa shape index (κ3) is 4.48. The second-order valence-corrected chi connectivity index (χ2v) is 10.5. The SMILES string of the molecule is Cc1ccc(N2CCN(CC(=O)N3CCC(c4ccccc4F)S(=O)(=O)CC3)C2=O)cc1. The molecule has 0 N–H and O–H groups in total. The summed E-state index contributed by atoms with van der Waals surface area (Å²) in [5.41, 5.74) is 2.02. The maximum atomic E-state index is 14.2. The number of rotatable bonds is 4. The molecular formula is C23H26FN3O4S. The van der Waals surface area contributed by atoms with Gasteiger partial charge in [-0.2, -0.15) is 0 Å². The van der Waals surface area contributed by atoms with Crippen molar-refractivity contribution in [1.29, 1.82) is 0 Å². The molecule has 2 aromatic carbocycles. The van der Waals surface area contributed by atoms with Gasteiger partial charge in [0.05, 0.1) is 11.0 Å². The Kier molecular flexibility index (Phi) is 6.19. The third-order valence-electron chi connectivity index (χ3n) is 6.11. The van der Waals surface area contributed by atoms with Gasteiger partial charge in [0.1, 0.15) is 12.4 Å². The minimum atomic E-state index is -3.61. The second-order valence-electron chi connectivity index (χ2n) is 8.24. The van der Waals surface area contributed by atoms with Crippen LogP contribution in [0.1, 0.15) is 22.8 Å². The summed E-state index contributed by atoms with van der Waals surface area (Å²) in [7, 11) is -3.61. The number of halogens is 1. The minimum Gasteiger partial charge on any atom is -0.340 e. The van der Waals surface area contributed by atoms with Crippen LogP contribution >= 0.6 is 0 Å². The van der Waals surface area contributed by atoms with E-state index in [4.69, 9.17) is 0 Å². The molecule has 0 radical (unpaired) electrons. The fraction of sp³-hybridized carbons (Fsp3) is 0.391. The van der Waals surface area contributed by atoms with Crippen LogP contribution in [0.25, 0.3) is 0 Å². The molecule has 0 saturated carbocycles. The highest BCUT2D eigenvalue weighted by molar-refractivity contribution is 7.91. The average molecular weight is 460 g/mol. The lowest BCUT2D eigenvalue weighted by Crippen LogP contribution is -2.43. The number of aryl methyl sites for hydroxylation is 1. The van der Waals surface area contributed by atoms with E-state index in [2.05, 4.69) is 0 Å². The third-order valence-corrected chi connectivity index (χ3v) is 8.22. The molecule has 1 atom stereocenters. The molecular weight excluding hydrogens is 433 g/mol. The van der Waals surface area contributed by atoms with Crippen molar-refractivity contribution in [2.24, 2.45) is 0 Å². The van der Waals surface area contributed by atoms with E-state index in [0.29, 0.717) is 13.1 Å². The first-order valence-corrected chi connectivity index (χ1v) is 12.3. The van der Waals surface area contributed by atoms with Gasteiger partial charge in [-0.3, -0.25) is 9.69 Å². The van der Waals surface area contributed by atoms with Crippen molar-refractivity contribution in [3.63, 3.8) is 0 Å². The van der Waals surface area contributed by atoms with Gasteiger partial charge in [-0.05, 0) is 31.5 Å². The van der Waals surface area contributed by atoms with Gasteiger partial charge in [0.2, 0.25) is 5.91 Å². The quantitative estimate of drug-likeness (QED) is 0.705. The van der Waals surface area contributed by atoms with Gasteiger partial charge in [0.15, 0.2) is 9.84 Å². The van der Waals surface area contributed by atoms with Crippen LogP contribution in [0.3, 0.4) is 0 Å². The summed E-state index contributed by atoms with van der Waals surface area (Å²) in [4.78, 5) is 30.3. The summed E-state index contributed by atoms with van der Waals surface area (Å²) in [6, 6.07) is 13.2. The summed E-state index contributed by atoms with van der Waals surface area (Å²) < 4.78 is 39.8. The van der Waals surface area contributed by atoms with E-state index >= 15 is 0 Å². The Morgan fingerprint density at radius 1 is 1.03 bits per heavy atom. The van der Waals surface area contributed by atoms with Gasteiger partial charge < -0.3 is 9.80 Å². The van der Waals surface area contributed by atoms with Gasteiger partial charge >= 0.3 is 6.03 Å².